The highest BCUT2D eigenvalue weighted by molar-refractivity contribution is 15.0. The molecule has 0 unspecified atom stereocenters. The monoisotopic (exact) mass is 2030 g/mol. The molecular formula is C12H17BrClI13N5O2-. The van der Waals surface area contributed by atoms with Crippen LogP contribution in [0.3, 0.4) is 0 Å². The largest absolute Gasteiger partial charge is 1.00 e. The van der Waals surface area contributed by atoms with Crippen molar-refractivity contribution in [2.24, 2.45) is 0 Å². The molecule has 1 aliphatic heterocycles. The van der Waals surface area contributed by atoms with Gasteiger partial charge in [0.05, 0.1) is 15.6 Å². The summed E-state index contributed by atoms with van der Waals surface area (Å²) in [7, 11) is 1.96. The third kappa shape index (κ3) is 31.4. The highest BCUT2D eigenvalue weighted by Gasteiger charge is 2.16. The van der Waals surface area contributed by atoms with Crippen molar-refractivity contribution >= 4 is 276 Å². The molecule has 0 saturated heterocycles. The molecule has 0 spiro atoms. The van der Waals surface area contributed by atoms with Crippen molar-refractivity contribution in [1.29, 1.82) is 0 Å². The Labute approximate surface area is 374 Å². The molecule has 0 saturated carbocycles. The minimum atomic E-state index is -0.519. The van der Waals surface area contributed by atoms with Crippen molar-refractivity contribution in [2.75, 3.05) is 37.7 Å². The molecule has 0 aromatic heterocycles. The van der Waals surface area contributed by atoms with E-state index < -0.39 is 4.92 Å². The van der Waals surface area contributed by atoms with Crippen molar-refractivity contribution in [2.45, 2.75) is 0 Å². The SMILES string of the molecule is CN1C=CCN1CCNc1cc([N+](=O)[O-])c(N)cc1Cl.I.II.II.II.II.II.II.[Br-]. The van der Waals surface area contributed by atoms with E-state index in [1.165, 1.54) is 12.1 Å². The molecule has 208 valence electrons. The molecule has 2 rings (SSSR count). The second-order valence-electron chi connectivity index (χ2n) is 4.45. The van der Waals surface area contributed by atoms with Crippen LogP contribution in [0.25, 0.3) is 0 Å². The highest BCUT2D eigenvalue weighted by atomic mass is 128. The standard InChI is InChI=1S/C12H16ClN5O2.BrH.6I2.HI/c1-16-4-2-5-17(16)6-3-15-11-8-12(18(19)20)10(14)7-9(11)13;;6*1-2;/h2,4,7-8,15H,3,5-6,14H2,1H3;1H;;;;;;;1H/p-1. The lowest BCUT2D eigenvalue weighted by molar-refractivity contribution is -0.383. The van der Waals surface area contributed by atoms with E-state index in [9.17, 15) is 10.1 Å². The van der Waals surface area contributed by atoms with Gasteiger partial charge in [-0.2, -0.15) is 0 Å². The molecular weight excluding hydrogens is 2010 g/mol. The molecule has 1 aliphatic rings. The van der Waals surface area contributed by atoms with Crippen LogP contribution in [0.5, 0.6) is 0 Å². The lowest BCUT2D eigenvalue weighted by Gasteiger charge is -2.25. The average molecular weight is 2030 g/mol. The molecule has 34 heavy (non-hydrogen) atoms. The number of nitrogens with one attached hydrogen (secondary N) is 1. The van der Waals surface area contributed by atoms with Gasteiger partial charge in [-0.25, -0.2) is 5.01 Å². The van der Waals surface area contributed by atoms with Gasteiger partial charge in [0, 0.05) is 262 Å². The number of nitrogens with two attached hydrogens (primary N) is 1. The van der Waals surface area contributed by atoms with Crippen LogP contribution in [-0.4, -0.2) is 41.6 Å². The molecule has 7 nitrogen and oxygen atoms in total. The van der Waals surface area contributed by atoms with Gasteiger partial charge in [0.1, 0.15) is 5.69 Å². The van der Waals surface area contributed by atoms with Crippen molar-refractivity contribution in [3.63, 3.8) is 0 Å². The number of hydrogen-bond donors (Lipinski definition) is 2. The molecule has 0 atom stereocenters. The third-order valence-corrected chi connectivity index (χ3v) is 3.39. The molecule has 0 aliphatic carbocycles. The zero-order valence-electron chi connectivity index (χ0n) is 16.4. The van der Waals surface area contributed by atoms with E-state index in [1.54, 1.807) is 0 Å². The number of nitrogen functional groups attached to an aromatic ring is 1. The summed E-state index contributed by atoms with van der Waals surface area (Å²) in [6.07, 6.45) is 4.04. The van der Waals surface area contributed by atoms with Crippen molar-refractivity contribution in [3.05, 3.63) is 39.5 Å². The number of rotatable bonds is 5. The summed E-state index contributed by atoms with van der Waals surface area (Å²) in [5.41, 5.74) is 6.00. The van der Waals surface area contributed by atoms with E-state index in [1.807, 2.05) is 18.3 Å². The first-order valence-electron chi connectivity index (χ1n) is 6.96. The number of halogens is 15. The fourth-order valence-electron chi connectivity index (χ4n) is 1.98. The van der Waals surface area contributed by atoms with Crippen molar-refractivity contribution in [3.8, 4) is 0 Å². The van der Waals surface area contributed by atoms with E-state index in [0.717, 1.165) is 13.1 Å². The molecule has 22 heteroatoms. The Kier molecular flexibility index (Phi) is 81.2. The van der Waals surface area contributed by atoms with Gasteiger partial charge in [0.15, 0.2) is 0 Å². The maximum Gasteiger partial charge on any atom is 0.294 e. The molecule has 1 aromatic carbocycles. The predicted octanol–water partition coefficient (Wildman–Crippen LogP) is 10.2. The average Bonchev–Trinajstić information content (AvgIpc) is 3.27. The van der Waals surface area contributed by atoms with Gasteiger partial charge in [-0.15, -0.1) is 24.0 Å². The summed E-state index contributed by atoms with van der Waals surface area (Å²) in [6.45, 7) is 2.23. The maximum atomic E-state index is 10.8. The van der Waals surface area contributed by atoms with Crippen LogP contribution in [0.1, 0.15) is 0 Å². The summed E-state index contributed by atoms with van der Waals surface area (Å²) >= 11 is 31.5. The minimum absolute atomic E-state index is 0. The Bertz CT molecular complexity index is 587. The van der Waals surface area contributed by atoms with E-state index >= 15 is 0 Å². The molecule has 3 N–H and O–H groups in total. The van der Waals surface area contributed by atoms with Gasteiger partial charge in [-0.3, -0.25) is 10.1 Å². The molecule has 0 bridgehead atoms. The summed E-state index contributed by atoms with van der Waals surface area (Å²) in [6, 6.07) is 2.76. The first kappa shape index (κ1) is 57.6. The third-order valence-electron chi connectivity index (χ3n) is 3.08. The summed E-state index contributed by atoms with van der Waals surface area (Å²) in [4.78, 5) is 10.3. The van der Waals surface area contributed by atoms with E-state index in [2.05, 4.69) is 240 Å². The first-order chi connectivity index (χ1) is 15.5. The first-order valence-corrected chi connectivity index (χ1v) is 45.1. The number of nitro groups is 1. The van der Waals surface area contributed by atoms with Crippen LogP contribution in [-0.2, 0) is 0 Å². The highest BCUT2D eigenvalue weighted by Crippen LogP contribution is 2.32. The van der Waals surface area contributed by atoms with E-state index in [0.29, 0.717) is 17.3 Å². The van der Waals surface area contributed by atoms with Crippen LogP contribution in [0.4, 0.5) is 17.1 Å². The van der Waals surface area contributed by atoms with Crippen molar-refractivity contribution < 1.29 is 21.9 Å². The Morgan fingerprint density at radius 2 is 1.47 bits per heavy atom. The van der Waals surface area contributed by atoms with Gasteiger partial charge in [-0.1, -0.05) is 17.7 Å². The Morgan fingerprint density at radius 1 is 1.03 bits per heavy atom. The number of hydrogen-bond acceptors (Lipinski definition) is 6. The Morgan fingerprint density at radius 3 is 1.82 bits per heavy atom. The Balaban J connectivity index is -0.0000000911. The zero-order valence-corrected chi connectivity index (χ0v) is 46.9. The van der Waals surface area contributed by atoms with Crippen LogP contribution >= 0.6 is 259 Å². The summed E-state index contributed by atoms with van der Waals surface area (Å²) < 4.78 is 0. The predicted molar refractivity (Wildman–Crippen MR) is 263 cm³/mol. The fraction of sp³-hybridized carbons (Fsp3) is 0.333. The molecule has 0 radical (unpaired) electrons. The van der Waals surface area contributed by atoms with Crippen LogP contribution in [0.2, 0.25) is 5.02 Å². The second kappa shape index (κ2) is 47.9. The van der Waals surface area contributed by atoms with E-state index in [-0.39, 0.29) is 52.3 Å². The number of hydrazine groups is 1. The summed E-state index contributed by atoms with van der Waals surface area (Å²) in [5.74, 6) is 0. The van der Waals surface area contributed by atoms with Gasteiger partial charge >= 0.3 is 0 Å². The smallest absolute Gasteiger partial charge is 0.294 e. The molecule has 0 fully saturated rings. The number of benzene rings is 1. The quantitative estimate of drug-likeness (QED) is 0.132. The molecule has 1 heterocycles. The zero-order chi connectivity index (χ0) is 26.7. The topological polar surface area (TPSA) is 87.7 Å². The van der Waals surface area contributed by atoms with Crippen LogP contribution in [0, 0.1) is 10.1 Å². The molecule has 0 amide bonds. The van der Waals surface area contributed by atoms with Crippen LogP contribution in [0.15, 0.2) is 24.4 Å². The van der Waals surface area contributed by atoms with Crippen molar-refractivity contribution in [1.82, 2.24) is 10.0 Å². The molecule has 1 aromatic rings. The second-order valence-corrected chi connectivity index (χ2v) is 4.85. The number of nitro benzene ring substituents is 1. The normalized spacial score (nSPS) is 9.76. The maximum absolute atomic E-state index is 10.8. The minimum Gasteiger partial charge on any atom is -1.00 e. The Hall–Kier alpha value is 7.98. The fourth-order valence-corrected chi connectivity index (χ4v) is 2.22. The van der Waals surface area contributed by atoms with Gasteiger partial charge < -0.3 is 33.0 Å². The summed E-state index contributed by atoms with van der Waals surface area (Å²) in [5, 5.41) is 18.4. The van der Waals surface area contributed by atoms with Gasteiger partial charge in [0.25, 0.3) is 5.69 Å². The van der Waals surface area contributed by atoms with Gasteiger partial charge in [-0.05, 0) is 6.07 Å². The van der Waals surface area contributed by atoms with Gasteiger partial charge in [0.2, 0.25) is 0 Å². The lowest BCUT2D eigenvalue weighted by atomic mass is 10.2. The lowest BCUT2D eigenvalue weighted by Crippen LogP contribution is -3.00. The number of anilines is 2. The van der Waals surface area contributed by atoms with Crippen LogP contribution < -0.4 is 28.0 Å². The number of nitrogens with zero attached hydrogens (tertiary/aromatic N) is 3. The van der Waals surface area contributed by atoms with E-state index in [4.69, 9.17) is 17.3 Å².